The lowest BCUT2D eigenvalue weighted by Gasteiger charge is -2.33. The van der Waals surface area contributed by atoms with Gasteiger partial charge in [0, 0.05) is 23.4 Å². The summed E-state index contributed by atoms with van der Waals surface area (Å²) in [5, 5.41) is 13.2. The number of hydrogen-bond donors (Lipinski definition) is 2. The average Bonchev–Trinajstić information content (AvgIpc) is 3.03. The molecule has 0 bridgehead atoms. The molecule has 0 amide bonds. The quantitative estimate of drug-likeness (QED) is 0.200. The summed E-state index contributed by atoms with van der Waals surface area (Å²) in [6, 6.07) is 27.6. The Bertz CT molecular complexity index is 1580. The highest BCUT2D eigenvalue weighted by Gasteiger charge is 2.38. The van der Waals surface area contributed by atoms with Crippen molar-refractivity contribution in [2.45, 2.75) is 37.8 Å². The topological polar surface area (TPSA) is 94.1 Å². The van der Waals surface area contributed by atoms with Gasteiger partial charge in [-0.2, -0.15) is 13.2 Å². The molecule has 2 atom stereocenters. The van der Waals surface area contributed by atoms with Gasteiger partial charge in [0.15, 0.2) is 0 Å². The smallest absolute Gasteiger partial charge is 0.490 e. The summed E-state index contributed by atoms with van der Waals surface area (Å²) in [7, 11) is 1.71. The number of nitrogens with one attached hydrogen (secondary N) is 1. The number of fused-ring (bicyclic) bond motifs is 1. The summed E-state index contributed by atoms with van der Waals surface area (Å²) in [5.74, 6) is -2.04. The summed E-state index contributed by atoms with van der Waals surface area (Å²) < 4.78 is 49.4. The minimum Gasteiger partial charge on any atom is -0.496 e. The molecular formula is C33H31ClF3NO6. The van der Waals surface area contributed by atoms with E-state index in [1.54, 1.807) is 31.4 Å². The maximum Gasteiger partial charge on any atom is 0.490 e. The Kier molecular flexibility index (Phi) is 11.2. The zero-order valence-corrected chi connectivity index (χ0v) is 24.5. The molecule has 232 valence electrons. The van der Waals surface area contributed by atoms with Crippen LogP contribution in [0.5, 0.6) is 5.75 Å². The van der Waals surface area contributed by atoms with E-state index in [0.29, 0.717) is 17.2 Å². The molecule has 44 heavy (non-hydrogen) atoms. The maximum atomic E-state index is 12.4. The van der Waals surface area contributed by atoms with Gasteiger partial charge in [-0.05, 0) is 41.6 Å². The lowest BCUT2D eigenvalue weighted by atomic mass is 9.87. The van der Waals surface area contributed by atoms with Gasteiger partial charge in [0.25, 0.3) is 0 Å². The van der Waals surface area contributed by atoms with E-state index in [0.717, 1.165) is 47.2 Å². The largest absolute Gasteiger partial charge is 0.496 e. The van der Waals surface area contributed by atoms with Crippen LogP contribution in [-0.2, 0) is 27.5 Å². The van der Waals surface area contributed by atoms with Gasteiger partial charge < -0.3 is 24.6 Å². The summed E-state index contributed by atoms with van der Waals surface area (Å²) in [5.41, 5.74) is 3.56. The summed E-state index contributed by atoms with van der Waals surface area (Å²) in [6.45, 7) is 2.41. The van der Waals surface area contributed by atoms with E-state index in [1.807, 2.05) is 24.3 Å². The van der Waals surface area contributed by atoms with Crippen molar-refractivity contribution in [3.8, 4) is 5.75 Å². The molecule has 11 heteroatoms. The van der Waals surface area contributed by atoms with Crippen LogP contribution in [0.15, 0.2) is 84.9 Å². The third-order valence-electron chi connectivity index (χ3n) is 7.16. The SMILES string of the molecule is COc1c(COC2CNCCC2c2ccc(COC(=O)c3ccccc3Cl)cc2)ccc2ccccc12.O=C(O)C(F)(F)F. The molecule has 2 N–H and O–H groups in total. The van der Waals surface area contributed by atoms with E-state index in [2.05, 4.69) is 41.7 Å². The monoisotopic (exact) mass is 629 g/mol. The first-order valence-electron chi connectivity index (χ1n) is 13.8. The zero-order valence-electron chi connectivity index (χ0n) is 23.8. The van der Waals surface area contributed by atoms with E-state index >= 15 is 0 Å². The van der Waals surface area contributed by atoms with Crippen LogP contribution in [0.25, 0.3) is 10.8 Å². The van der Waals surface area contributed by atoms with Crippen molar-refractivity contribution in [2.75, 3.05) is 20.2 Å². The molecule has 4 aromatic carbocycles. The van der Waals surface area contributed by atoms with Gasteiger partial charge in [-0.1, -0.05) is 84.4 Å². The lowest BCUT2D eigenvalue weighted by Crippen LogP contribution is -2.41. The first-order chi connectivity index (χ1) is 21.1. The molecule has 2 unspecified atom stereocenters. The molecule has 1 saturated heterocycles. The Morgan fingerprint density at radius 1 is 0.955 bits per heavy atom. The van der Waals surface area contributed by atoms with Crippen LogP contribution in [-0.4, -0.2) is 49.5 Å². The number of carbonyl (C=O) groups is 2. The average molecular weight is 630 g/mol. The molecule has 5 rings (SSSR count). The molecule has 4 aromatic rings. The standard InChI is InChI=1S/C31H30ClNO4.C2HF3O2/c1-35-30-24(15-14-22-6-2-3-7-26(22)30)20-36-29-18-33-17-16-25(29)23-12-10-21(11-13-23)19-37-31(34)27-8-4-5-9-28(27)32;3-2(4,5)1(6)7/h2-15,25,29,33H,16-20H2,1H3;(H,6,7). The molecule has 7 nitrogen and oxygen atoms in total. The zero-order chi connectivity index (χ0) is 31.7. The predicted octanol–water partition coefficient (Wildman–Crippen LogP) is 7.15. The van der Waals surface area contributed by atoms with E-state index in [1.165, 1.54) is 5.56 Å². The Morgan fingerprint density at radius 2 is 1.64 bits per heavy atom. The number of esters is 1. The van der Waals surface area contributed by atoms with Crippen molar-refractivity contribution in [1.82, 2.24) is 5.32 Å². The fraction of sp³-hybridized carbons (Fsp3) is 0.273. The normalized spacial score (nSPS) is 16.5. The minimum absolute atomic E-state index is 0.0360. The fourth-order valence-corrected chi connectivity index (χ4v) is 5.15. The molecule has 1 aliphatic heterocycles. The first-order valence-corrected chi connectivity index (χ1v) is 14.1. The molecule has 0 radical (unpaired) electrons. The highest BCUT2D eigenvalue weighted by molar-refractivity contribution is 6.33. The number of piperidine rings is 1. The van der Waals surface area contributed by atoms with E-state index in [4.69, 9.17) is 35.7 Å². The van der Waals surface area contributed by atoms with Gasteiger partial charge in [0.2, 0.25) is 0 Å². The van der Waals surface area contributed by atoms with Gasteiger partial charge >= 0.3 is 18.1 Å². The van der Waals surface area contributed by atoms with Crippen LogP contribution < -0.4 is 10.1 Å². The second-order valence-corrected chi connectivity index (χ2v) is 10.4. The number of aliphatic carboxylic acids is 1. The molecular weight excluding hydrogens is 599 g/mol. The number of hydrogen-bond acceptors (Lipinski definition) is 6. The minimum atomic E-state index is -5.08. The van der Waals surface area contributed by atoms with Gasteiger partial charge in [0.1, 0.15) is 12.4 Å². The number of halogens is 4. The van der Waals surface area contributed by atoms with Crippen molar-refractivity contribution in [1.29, 1.82) is 0 Å². The van der Waals surface area contributed by atoms with Crippen molar-refractivity contribution in [2.24, 2.45) is 0 Å². The Hall–Kier alpha value is -4.12. The number of ether oxygens (including phenoxy) is 3. The number of methoxy groups -OCH3 is 1. The lowest BCUT2D eigenvalue weighted by molar-refractivity contribution is -0.192. The van der Waals surface area contributed by atoms with Crippen molar-refractivity contribution in [3.63, 3.8) is 0 Å². The van der Waals surface area contributed by atoms with Crippen molar-refractivity contribution < 1.29 is 42.1 Å². The number of carboxylic acid groups (broad SMARTS) is 1. The summed E-state index contributed by atoms with van der Waals surface area (Å²) >= 11 is 6.10. The van der Waals surface area contributed by atoms with Crippen LogP contribution in [0.1, 0.15) is 39.4 Å². The van der Waals surface area contributed by atoms with Crippen LogP contribution in [0.2, 0.25) is 5.02 Å². The van der Waals surface area contributed by atoms with E-state index < -0.39 is 18.1 Å². The Labute approximate surface area is 257 Å². The van der Waals surface area contributed by atoms with Gasteiger partial charge in [-0.15, -0.1) is 0 Å². The van der Waals surface area contributed by atoms with Gasteiger partial charge in [0.05, 0.1) is 30.4 Å². The number of rotatable bonds is 8. The van der Waals surface area contributed by atoms with Crippen LogP contribution in [0.4, 0.5) is 13.2 Å². The Balaban J connectivity index is 0.000000566. The van der Waals surface area contributed by atoms with Crippen LogP contribution >= 0.6 is 11.6 Å². The van der Waals surface area contributed by atoms with E-state index in [-0.39, 0.29) is 18.6 Å². The summed E-state index contributed by atoms with van der Waals surface area (Å²) in [4.78, 5) is 21.3. The molecule has 1 fully saturated rings. The van der Waals surface area contributed by atoms with E-state index in [9.17, 15) is 18.0 Å². The molecule has 0 spiro atoms. The first kappa shape index (κ1) is 32.8. The Morgan fingerprint density at radius 3 is 2.32 bits per heavy atom. The van der Waals surface area contributed by atoms with Crippen LogP contribution in [0.3, 0.4) is 0 Å². The molecule has 0 aliphatic carbocycles. The number of alkyl halides is 3. The molecule has 0 aromatic heterocycles. The van der Waals surface area contributed by atoms with Crippen molar-refractivity contribution in [3.05, 3.63) is 112 Å². The maximum absolute atomic E-state index is 12.4. The van der Waals surface area contributed by atoms with Crippen LogP contribution in [0, 0.1) is 0 Å². The summed E-state index contributed by atoms with van der Waals surface area (Å²) in [6.07, 6.45) is -4.06. The number of carbonyl (C=O) groups excluding carboxylic acids is 1. The van der Waals surface area contributed by atoms with Crippen molar-refractivity contribution >= 4 is 34.3 Å². The second kappa shape index (κ2) is 15.1. The van der Waals surface area contributed by atoms with Gasteiger partial charge in [-0.25, -0.2) is 9.59 Å². The molecule has 1 heterocycles. The fourth-order valence-electron chi connectivity index (χ4n) is 4.94. The second-order valence-electron chi connectivity index (χ2n) is 10.0. The van der Waals surface area contributed by atoms with Gasteiger partial charge in [-0.3, -0.25) is 0 Å². The highest BCUT2D eigenvalue weighted by atomic mass is 35.5. The molecule has 1 aliphatic rings. The third kappa shape index (κ3) is 8.49. The molecule has 0 saturated carbocycles. The number of carboxylic acids is 1. The predicted molar refractivity (Wildman–Crippen MR) is 160 cm³/mol. The number of benzene rings is 4. The third-order valence-corrected chi connectivity index (χ3v) is 7.49. The highest BCUT2D eigenvalue weighted by Crippen LogP contribution is 2.33.